The van der Waals surface area contributed by atoms with E-state index in [0.29, 0.717) is 18.7 Å². The molecule has 0 unspecified atom stereocenters. The molecular weight excluding hydrogens is 328 g/mol. The second-order valence-electron chi connectivity index (χ2n) is 6.18. The van der Waals surface area contributed by atoms with Crippen LogP contribution >= 0.6 is 0 Å². The summed E-state index contributed by atoms with van der Waals surface area (Å²) in [6.45, 7) is 2.58. The molecule has 134 valence electrons. The minimum Gasteiger partial charge on any atom is -0.383 e. The van der Waals surface area contributed by atoms with E-state index in [9.17, 15) is 13.2 Å². The maximum Gasteiger partial charge on any atom is 0.251 e. The SMILES string of the molecule is COCCNC(=O)c1cc(S(=O)(=O)NC2CCCCC2)ccc1C. The Hall–Kier alpha value is -1.44. The molecule has 2 rings (SSSR count). The lowest BCUT2D eigenvalue weighted by molar-refractivity contribution is 0.0936. The molecule has 1 aliphatic carbocycles. The summed E-state index contributed by atoms with van der Waals surface area (Å²) in [6, 6.07) is 4.65. The molecule has 1 fully saturated rings. The van der Waals surface area contributed by atoms with Crippen molar-refractivity contribution >= 4 is 15.9 Å². The van der Waals surface area contributed by atoms with Gasteiger partial charge in [0.25, 0.3) is 5.91 Å². The van der Waals surface area contributed by atoms with E-state index in [4.69, 9.17) is 4.74 Å². The molecule has 1 aromatic rings. The van der Waals surface area contributed by atoms with Gasteiger partial charge >= 0.3 is 0 Å². The van der Waals surface area contributed by atoms with Crippen molar-refractivity contribution in [1.29, 1.82) is 0 Å². The standard InChI is InChI=1S/C17H26N2O4S/c1-13-8-9-15(12-16(13)17(20)18-10-11-23-2)24(21,22)19-14-6-4-3-5-7-14/h8-9,12,14,19H,3-7,10-11H2,1-2H3,(H,18,20). The Kier molecular flexibility index (Phi) is 6.77. The van der Waals surface area contributed by atoms with Crippen molar-refractivity contribution in [3.63, 3.8) is 0 Å². The van der Waals surface area contributed by atoms with Gasteiger partial charge in [-0.3, -0.25) is 4.79 Å². The molecule has 2 N–H and O–H groups in total. The summed E-state index contributed by atoms with van der Waals surface area (Å²) >= 11 is 0. The van der Waals surface area contributed by atoms with Crippen LogP contribution in [0.5, 0.6) is 0 Å². The van der Waals surface area contributed by atoms with Crippen LogP contribution in [0.3, 0.4) is 0 Å². The van der Waals surface area contributed by atoms with Crippen molar-refractivity contribution in [3.05, 3.63) is 29.3 Å². The Balaban J connectivity index is 2.14. The van der Waals surface area contributed by atoms with Gasteiger partial charge in [-0.05, 0) is 37.5 Å². The topological polar surface area (TPSA) is 84.5 Å². The van der Waals surface area contributed by atoms with E-state index in [1.807, 2.05) is 0 Å². The third-order valence-electron chi connectivity index (χ3n) is 4.28. The smallest absolute Gasteiger partial charge is 0.251 e. The Morgan fingerprint density at radius 1 is 1.25 bits per heavy atom. The molecule has 1 saturated carbocycles. The number of aryl methyl sites for hydroxylation is 1. The second kappa shape index (κ2) is 8.60. The first-order valence-corrected chi connectivity index (χ1v) is 9.82. The molecule has 0 heterocycles. The molecule has 7 heteroatoms. The normalized spacial score (nSPS) is 16.1. The molecule has 0 atom stereocenters. The van der Waals surface area contributed by atoms with Gasteiger partial charge < -0.3 is 10.1 Å². The quantitative estimate of drug-likeness (QED) is 0.733. The molecule has 0 spiro atoms. The highest BCUT2D eigenvalue weighted by Gasteiger charge is 2.23. The van der Waals surface area contributed by atoms with Gasteiger partial charge in [0, 0.05) is 25.3 Å². The fourth-order valence-electron chi connectivity index (χ4n) is 2.88. The van der Waals surface area contributed by atoms with Gasteiger partial charge in [0.05, 0.1) is 11.5 Å². The van der Waals surface area contributed by atoms with Crippen molar-refractivity contribution in [1.82, 2.24) is 10.0 Å². The van der Waals surface area contributed by atoms with Crippen LogP contribution in [0.4, 0.5) is 0 Å². The van der Waals surface area contributed by atoms with Crippen LogP contribution < -0.4 is 10.0 Å². The summed E-state index contributed by atoms with van der Waals surface area (Å²) in [5, 5.41) is 2.72. The number of nitrogens with one attached hydrogen (secondary N) is 2. The van der Waals surface area contributed by atoms with Gasteiger partial charge in [-0.15, -0.1) is 0 Å². The maximum absolute atomic E-state index is 12.6. The van der Waals surface area contributed by atoms with E-state index >= 15 is 0 Å². The summed E-state index contributed by atoms with van der Waals surface area (Å²) in [4.78, 5) is 12.4. The van der Waals surface area contributed by atoms with Gasteiger partial charge in [0.2, 0.25) is 10.0 Å². The zero-order valence-electron chi connectivity index (χ0n) is 14.3. The van der Waals surface area contributed by atoms with Gasteiger partial charge in [-0.2, -0.15) is 0 Å². The number of hydrogen-bond donors (Lipinski definition) is 2. The number of carbonyl (C=O) groups excluding carboxylic acids is 1. The summed E-state index contributed by atoms with van der Waals surface area (Å²) in [5.41, 5.74) is 1.11. The molecule has 0 saturated heterocycles. The highest BCUT2D eigenvalue weighted by molar-refractivity contribution is 7.89. The molecule has 0 radical (unpaired) electrons. The summed E-state index contributed by atoms with van der Waals surface area (Å²) < 4.78 is 32.8. The van der Waals surface area contributed by atoms with Gasteiger partial charge in [0.15, 0.2) is 0 Å². The van der Waals surface area contributed by atoms with Crippen LogP contribution in [-0.4, -0.2) is 40.6 Å². The third kappa shape index (κ3) is 5.03. The molecule has 24 heavy (non-hydrogen) atoms. The van der Waals surface area contributed by atoms with Crippen LogP contribution in [0.1, 0.15) is 48.0 Å². The minimum atomic E-state index is -3.61. The number of hydrogen-bond acceptors (Lipinski definition) is 4. The van der Waals surface area contributed by atoms with E-state index < -0.39 is 10.0 Å². The van der Waals surface area contributed by atoms with Crippen LogP contribution in [0.25, 0.3) is 0 Å². The van der Waals surface area contributed by atoms with E-state index in [0.717, 1.165) is 37.7 Å². The molecule has 1 amide bonds. The largest absolute Gasteiger partial charge is 0.383 e. The number of methoxy groups -OCH3 is 1. The average Bonchev–Trinajstić information content (AvgIpc) is 2.55. The summed E-state index contributed by atoms with van der Waals surface area (Å²) in [6.07, 6.45) is 5.00. The lowest BCUT2D eigenvalue weighted by Crippen LogP contribution is -2.36. The average molecular weight is 354 g/mol. The molecule has 0 aliphatic heterocycles. The minimum absolute atomic E-state index is 0.0102. The lowest BCUT2D eigenvalue weighted by Gasteiger charge is -2.22. The zero-order chi connectivity index (χ0) is 17.6. The van der Waals surface area contributed by atoms with E-state index in [-0.39, 0.29) is 16.8 Å². The molecule has 1 aliphatic rings. The molecule has 0 aromatic heterocycles. The zero-order valence-corrected chi connectivity index (χ0v) is 15.1. The van der Waals surface area contributed by atoms with Gasteiger partial charge in [-0.25, -0.2) is 13.1 Å². The summed E-state index contributed by atoms with van der Waals surface area (Å²) in [7, 11) is -2.06. The van der Waals surface area contributed by atoms with Crippen molar-refractivity contribution in [3.8, 4) is 0 Å². The number of ether oxygens (including phenoxy) is 1. The highest BCUT2D eigenvalue weighted by Crippen LogP contribution is 2.21. The number of rotatable bonds is 7. The number of benzene rings is 1. The van der Waals surface area contributed by atoms with E-state index in [1.54, 1.807) is 26.2 Å². The number of carbonyl (C=O) groups is 1. The summed E-state index contributed by atoms with van der Waals surface area (Å²) in [5.74, 6) is -0.292. The first-order valence-electron chi connectivity index (χ1n) is 8.34. The lowest BCUT2D eigenvalue weighted by atomic mass is 9.96. The van der Waals surface area contributed by atoms with Crippen molar-refractivity contribution in [2.75, 3.05) is 20.3 Å². The predicted molar refractivity (Wildman–Crippen MR) is 92.6 cm³/mol. The fraction of sp³-hybridized carbons (Fsp3) is 0.588. The van der Waals surface area contributed by atoms with Crippen LogP contribution in [-0.2, 0) is 14.8 Å². The monoisotopic (exact) mass is 354 g/mol. The first kappa shape index (κ1) is 18.9. The predicted octanol–water partition coefficient (Wildman–Crippen LogP) is 1.98. The fourth-order valence-corrected chi connectivity index (χ4v) is 4.21. The van der Waals surface area contributed by atoms with Crippen molar-refractivity contribution in [2.24, 2.45) is 0 Å². The Morgan fingerprint density at radius 3 is 2.62 bits per heavy atom. The van der Waals surface area contributed by atoms with Crippen LogP contribution in [0.15, 0.2) is 23.1 Å². The van der Waals surface area contributed by atoms with Gasteiger partial charge in [0.1, 0.15) is 0 Å². The third-order valence-corrected chi connectivity index (χ3v) is 5.80. The molecule has 6 nitrogen and oxygen atoms in total. The molecular formula is C17H26N2O4S. The van der Waals surface area contributed by atoms with Crippen LogP contribution in [0.2, 0.25) is 0 Å². The van der Waals surface area contributed by atoms with Gasteiger partial charge in [-0.1, -0.05) is 25.3 Å². The Morgan fingerprint density at radius 2 is 1.96 bits per heavy atom. The van der Waals surface area contributed by atoms with Crippen molar-refractivity contribution < 1.29 is 17.9 Å². The van der Waals surface area contributed by atoms with E-state index in [1.165, 1.54) is 6.07 Å². The Labute approximate surface area is 144 Å². The number of amides is 1. The Bertz CT molecular complexity index is 667. The van der Waals surface area contributed by atoms with Crippen LogP contribution in [0, 0.1) is 6.92 Å². The highest BCUT2D eigenvalue weighted by atomic mass is 32.2. The molecule has 1 aromatic carbocycles. The second-order valence-corrected chi connectivity index (χ2v) is 7.90. The maximum atomic E-state index is 12.6. The molecule has 0 bridgehead atoms. The van der Waals surface area contributed by atoms with Crippen molar-refractivity contribution in [2.45, 2.75) is 50.0 Å². The first-order chi connectivity index (χ1) is 11.4. The van der Waals surface area contributed by atoms with E-state index in [2.05, 4.69) is 10.0 Å². The number of sulfonamides is 1.